The summed E-state index contributed by atoms with van der Waals surface area (Å²) >= 11 is 0. The van der Waals surface area contributed by atoms with Crippen LogP contribution in [0.25, 0.3) is 5.57 Å². The number of aryl methyl sites for hydroxylation is 1. The Labute approximate surface area is 175 Å². The molecular formula is C24H26F3NO2. The lowest BCUT2D eigenvalue weighted by Crippen LogP contribution is -2.16. The van der Waals surface area contributed by atoms with E-state index < -0.39 is 11.7 Å². The Hall–Kier alpha value is -2.60. The Morgan fingerprint density at radius 2 is 1.93 bits per heavy atom. The second-order valence-electron chi connectivity index (χ2n) is 7.77. The fourth-order valence-electron chi connectivity index (χ4n) is 3.65. The molecule has 0 spiro atoms. The maximum Gasteiger partial charge on any atom is 0.416 e. The van der Waals surface area contributed by atoms with Crippen molar-refractivity contribution >= 4 is 11.5 Å². The Morgan fingerprint density at radius 3 is 2.57 bits per heavy atom. The van der Waals surface area contributed by atoms with Crippen LogP contribution < -0.4 is 0 Å². The molecule has 0 saturated carbocycles. The van der Waals surface area contributed by atoms with Gasteiger partial charge in [0.25, 0.3) is 0 Å². The first-order valence-corrected chi connectivity index (χ1v) is 9.97. The van der Waals surface area contributed by atoms with E-state index in [9.17, 15) is 18.0 Å². The predicted octanol–water partition coefficient (Wildman–Crippen LogP) is 5.66. The maximum atomic E-state index is 12.9. The fraction of sp³-hybridized carbons (Fsp3) is 0.375. The van der Waals surface area contributed by atoms with E-state index in [-0.39, 0.29) is 18.1 Å². The molecule has 0 N–H and O–H groups in total. The van der Waals surface area contributed by atoms with Gasteiger partial charge in [0.15, 0.2) is 0 Å². The minimum atomic E-state index is -4.31. The minimum Gasteiger partial charge on any atom is -0.466 e. The van der Waals surface area contributed by atoms with Crippen molar-refractivity contribution in [2.24, 2.45) is 0 Å². The van der Waals surface area contributed by atoms with Gasteiger partial charge in [0.2, 0.25) is 0 Å². The van der Waals surface area contributed by atoms with Crippen molar-refractivity contribution in [3.63, 3.8) is 0 Å². The van der Waals surface area contributed by atoms with Crippen molar-refractivity contribution in [1.82, 2.24) is 4.90 Å². The van der Waals surface area contributed by atoms with Crippen LogP contribution in [0.1, 0.15) is 48.6 Å². The summed E-state index contributed by atoms with van der Waals surface area (Å²) in [5.74, 6) is -0.376. The van der Waals surface area contributed by atoms with Crippen LogP contribution in [0.2, 0.25) is 0 Å². The lowest BCUT2D eigenvalue weighted by molar-refractivity contribution is -0.137. The molecule has 1 aliphatic rings. The zero-order valence-corrected chi connectivity index (χ0v) is 17.4. The van der Waals surface area contributed by atoms with Gasteiger partial charge in [0, 0.05) is 24.7 Å². The van der Waals surface area contributed by atoms with Gasteiger partial charge in [0.1, 0.15) is 0 Å². The minimum absolute atomic E-state index is 0.0655. The molecule has 2 aromatic carbocycles. The van der Waals surface area contributed by atoms with E-state index in [1.807, 2.05) is 31.2 Å². The molecule has 1 aliphatic heterocycles. The highest BCUT2D eigenvalue weighted by atomic mass is 19.4. The number of carbonyl (C=O) groups is 1. The standard InChI is InChI=1S/C24H26F3NO2/c1-16(13-23(29)30-3)19-11-9-18(10-12-19)8-7-17(2)28-15-22(28)20-5-4-6-21(14-20)24(25,26)27/h4-6,9-14,17,22H,7-8,15H2,1-3H3/t17-,22+,28?/m1/s1. The highest BCUT2D eigenvalue weighted by molar-refractivity contribution is 5.90. The summed E-state index contributed by atoms with van der Waals surface area (Å²) < 4.78 is 43.5. The molecule has 1 unspecified atom stereocenters. The topological polar surface area (TPSA) is 29.3 Å². The molecule has 3 rings (SSSR count). The van der Waals surface area contributed by atoms with Crippen LogP contribution in [0, 0.1) is 0 Å². The predicted molar refractivity (Wildman–Crippen MR) is 111 cm³/mol. The summed E-state index contributed by atoms with van der Waals surface area (Å²) in [5, 5.41) is 0. The van der Waals surface area contributed by atoms with Gasteiger partial charge in [-0.05, 0) is 61.1 Å². The number of esters is 1. The summed E-state index contributed by atoms with van der Waals surface area (Å²) in [6.07, 6.45) is -1.04. The molecule has 0 radical (unpaired) electrons. The molecule has 1 heterocycles. The van der Waals surface area contributed by atoms with E-state index in [4.69, 9.17) is 0 Å². The number of nitrogens with zero attached hydrogens (tertiary/aromatic N) is 1. The summed E-state index contributed by atoms with van der Waals surface area (Å²) in [5.41, 5.74) is 3.14. The largest absolute Gasteiger partial charge is 0.466 e. The summed E-state index contributed by atoms with van der Waals surface area (Å²) in [6.45, 7) is 4.77. The highest BCUT2D eigenvalue weighted by Crippen LogP contribution is 2.40. The van der Waals surface area contributed by atoms with Crippen molar-refractivity contribution in [1.29, 1.82) is 0 Å². The van der Waals surface area contributed by atoms with Crippen LogP contribution in [0.4, 0.5) is 13.2 Å². The van der Waals surface area contributed by atoms with Crippen molar-refractivity contribution in [2.45, 2.75) is 44.9 Å². The second kappa shape index (κ2) is 9.04. The van der Waals surface area contributed by atoms with E-state index in [1.165, 1.54) is 30.9 Å². The zero-order chi connectivity index (χ0) is 21.9. The highest BCUT2D eigenvalue weighted by Gasteiger charge is 2.40. The number of carbonyl (C=O) groups excluding carboxylic acids is 1. The molecule has 2 aromatic rings. The Balaban J connectivity index is 1.54. The third-order valence-electron chi connectivity index (χ3n) is 5.61. The molecule has 3 nitrogen and oxygen atoms in total. The van der Waals surface area contributed by atoms with Crippen molar-refractivity contribution in [3.8, 4) is 0 Å². The first-order valence-electron chi connectivity index (χ1n) is 9.97. The van der Waals surface area contributed by atoms with E-state index >= 15 is 0 Å². The summed E-state index contributed by atoms with van der Waals surface area (Å²) in [7, 11) is 1.35. The van der Waals surface area contributed by atoms with Gasteiger partial charge in [-0.3, -0.25) is 4.90 Å². The molecule has 3 atom stereocenters. The number of hydrogen-bond donors (Lipinski definition) is 0. The third kappa shape index (κ3) is 5.51. The van der Waals surface area contributed by atoms with Gasteiger partial charge in [-0.1, -0.05) is 36.4 Å². The van der Waals surface area contributed by atoms with E-state index in [2.05, 4.69) is 16.6 Å². The van der Waals surface area contributed by atoms with Gasteiger partial charge in [-0.15, -0.1) is 0 Å². The Bertz CT molecular complexity index is 919. The normalized spacial score (nSPS) is 20.0. The zero-order valence-electron chi connectivity index (χ0n) is 17.4. The van der Waals surface area contributed by atoms with Gasteiger partial charge in [-0.2, -0.15) is 13.2 Å². The van der Waals surface area contributed by atoms with Crippen LogP contribution >= 0.6 is 0 Å². The Kier molecular flexibility index (Phi) is 6.66. The number of allylic oxidation sites excluding steroid dienone is 1. The first-order chi connectivity index (χ1) is 14.2. The smallest absolute Gasteiger partial charge is 0.416 e. The summed E-state index contributed by atoms with van der Waals surface area (Å²) in [4.78, 5) is 13.6. The lowest BCUT2D eigenvalue weighted by atomic mass is 10.0. The van der Waals surface area contributed by atoms with Crippen LogP contribution in [-0.4, -0.2) is 30.6 Å². The SMILES string of the molecule is COC(=O)C=C(C)c1ccc(CC[C@@H](C)N2C[C@H]2c2cccc(C(F)(F)F)c2)cc1. The number of methoxy groups -OCH3 is 1. The molecule has 6 heteroatoms. The lowest BCUT2D eigenvalue weighted by Gasteiger charge is -2.15. The van der Waals surface area contributed by atoms with E-state index in [0.29, 0.717) is 0 Å². The van der Waals surface area contributed by atoms with Crippen LogP contribution in [-0.2, 0) is 22.1 Å². The van der Waals surface area contributed by atoms with Gasteiger partial charge >= 0.3 is 12.1 Å². The number of ether oxygens (including phenoxy) is 1. The molecule has 0 bridgehead atoms. The number of hydrogen-bond acceptors (Lipinski definition) is 3. The number of alkyl halides is 3. The van der Waals surface area contributed by atoms with Gasteiger partial charge in [0.05, 0.1) is 12.7 Å². The fourth-order valence-corrected chi connectivity index (χ4v) is 3.65. The molecule has 30 heavy (non-hydrogen) atoms. The van der Waals surface area contributed by atoms with Crippen LogP contribution in [0.15, 0.2) is 54.6 Å². The molecule has 1 fully saturated rings. The summed E-state index contributed by atoms with van der Waals surface area (Å²) in [6, 6.07) is 14.0. The first kappa shape index (κ1) is 22.1. The number of rotatable bonds is 7. The van der Waals surface area contributed by atoms with Crippen LogP contribution in [0.5, 0.6) is 0 Å². The molecular weight excluding hydrogens is 391 g/mol. The van der Waals surface area contributed by atoms with Crippen molar-refractivity contribution in [2.75, 3.05) is 13.7 Å². The molecule has 0 amide bonds. The van der Waals surface area contributed by atoms with Crippen molar-refractivity contribution < 1.29 is 22.7 Å². The second-order valence-corrected chi connectivity index (χ2v) is 7.77. The van der Waals surface area contributed by atoms with Gasteiger partial charge in [-0.25, -0.2) is 4.79 Å². The quantitative estimate of drug-likeness (QED) is 0.331. The molecule has 0 aliphatic carbocycles. The van der Waals surface area contributed by atoms with Crippen molar-refractivity contribution in [3.05, 3.63) is 76.9 Å². The average molecular weight is 417 g/mol. The third-order valence-corrected chi connectivity index (χ3v) is 5.61. The monoisotopic (exact) mass is 417 g/mol. The number of halogens is 3. The number of benzene rings is 2. The molecule has 0 aromatic heterocycles. The van der Waals surface area contributed by atoms with E-state index in [1.54, 1.807) is 6.07 Å². The van der Waals surface area contributed by atoms with Crippen LogP contribution in [0.3, 0.4) is 0 Å². The molecule has 160 valence electrons. The Morgan fingerprint density at radius 1 is 1.23 bits per heavy atom. The maximum absolute atomic E-state index is 12.9. The van der Waals surface area contributed by atoms with Gasteiger partial charge < -0.3 is 4.74 Å². The van der Waals surface area contributed by atoms with E-state index in [0.717, 1.165) is 42.2 Å². The molecule has 1 saturated heterocycles. The average Bonchev–Trinajstić information content (AvgIpc) is 3.53.